The zero-order chi connectivity index (χ0) is 10.5. The van der Waals surface area contributed by atoms with Gasteiger partial charge in [-0.3, -0.25) is 9.34 Å². The number of nitrogens with zero attached hydrogens (tertiary/aromatic N) is 2. The molecule has 0 bridgehead atoms. The molecule has 2 nitrogen and oxygen atoms in total. The highest BCUT2D eigenvalue weighted by molar-refractivity contribution is 7.56. The molecule has 15 heavy (non-hydrogen) atoms. The summed E-state index contributed by atoms with van der Waals surface area (Å²) in [4.78, 5) is 0. The highest BCUT2D eigenvalue weighted by Crippen LogP contribution is 2.49. The molecule has 0 spiro atoms. The van der Waals surface area contributed by atoms with E-state index in [4.69, 9.17) is 0 Å². The van der Waals surface area contributed by atoms with Crippen LogP contribution in [0.2, 0.25) is 0 Å². The minimum absolute atomic E-state index is 0.0827. The molecule has 0 radical (unpaired) electrons. The fraction of sp³-hybridized carbons (Fsp3) is 0.833. The molecule has 86 valence electrons. The van der Waals surface area contributed by atoms with Gasteiger partial charge in [-0.2, -0.15) is 0 Å². The molecule has 2 aliphatic heterocycles. The summed E-state index contributed by atoms with van der Waals surface area (Å²) in [7, 11) is -0.0827. The maximum atomic E-state index is 2.72. The first-order chi connectivity index (χ1) is 7.42. The molecule has 0 aromatic rings. The minimum atomic E-state index is -0.0827. The van der Waals surface area contributed by atoms with Gasteiger partial charge in [0.25, 0.3) is 0 Å². The Hall–Kier alpha value is 0.0900. The van der Waals surface area contributed by atoms with E-state index in [9.17, 15) is 0 Å². The van der Waals surface area contributed by atoms with Gasteiger partial charge in [0.2, 0.25) is 0 Å². The molecule has 2 fully saturated rings. The van der Waals surface area contributed by atoms with Crippen molar-refractivity contribution in [3.05, 3.63) is 11.9 Å². The lowest BCUT2D eigenvalue weighted by Gasteiger charge is -2.32. The molecule has 0 amide bonds. The molecular weight excluding hydrogens is 203 g/mol. The molecule has 2 rings (SSSR count). The minimum Gasteiger partial charge on any atom is -0.267 e. The van der Waals surface area contributed by atoms with Crippen LogP contribution in [0.15, 0.2) is 11.9 Å². The van der Waals surface area contributed by atoms with Crippen LogP contribution in [0, 0.1) is 0 Å². The largest absolute Gasteiger partial charge is 0.267 e. The van der Waals surface area contributed by atoms with Crippen LogP contribution in [-0.4, -0.2) is 35.5 Å². The Balaban J connectivity index is 1.97. The fourth-order valence-electron chi connectivity index (χ4n) is 2.38. The van der Waals surface area contributed by atoms with E-state index < -0.39 is 0 Å². The number of hydrogen-bond acceptors (Lipinski definition) is 2. The first kappa shape index (κ1) is 11.6. The van der Waals surface area contributed by atoms with Gasteiger partial charge >= 0.3 is 0 Å². The van der Waals surface area contributed by atoms with Gasteiger partial charge in [-0.25, -0.2) is 0 Å². The zero-order valence-electron chi connectivity index (χ0n) is 9.86. The maximum absolute atomic E-state index is 2.72. The van der Waals surface area contributed by atoms with E-state index in [-0.39, 0.29) is 8.22 Å². The average Bonchev–Trinajstić information content (AvgIpc) is 2.90. The van der Waals surface area contributed by atoms with Gasteiger partial charge in [0.1, 0.15) is 0 Å². The van der Waals surface area contributed by atoms with Gasteiger partial charge in [-0.15, -0.1) is 0 Å². The third-order valence-electron chi connectivity index (χ3n) is 3.22. The lowest BCUT2D eigenvalue weighted by atomic mass is 10.4. The molecule has 2 saturated heterocycles. The molecule has 0 aromatic heterocycles. The smallest absolute Gasteiger partial charge is 0.0644 e. The highest BCUT2D eigenvalue weighted by atomic mass is 31.1. The molecule has 0 aliphatic carbocycles. The summed E-state index contributed by atoms with van der Waals surface area (Å²) in [6.07, 6.45) is 9.18. The van der Waals surface area contributed by atoms with Crippen LogP contribution in [-0.2, 0) is 0 Å². The quantitative estimate of drug-likeness (QED) is 0.678. The predicted molar refractivity (Wildman–Crippen MR) is 68.0 cm³/mol. The van der Waals surface area contributed by atoms with Crippen molar-refractivity contribution in [3.8, 4) is 0 Å². The summed E-state index contributed by atoms with van der Waals surface area (Å²) in [5, 5.41) is 0. The van der Waals surface area contributed by atoms with Gasteiger partial charge in [-0.05, 0) is 37.9 Å². The fourth-order valence-corrected chi connectivity index (χ4v) is 4.90. The summed E-state index contributed by atoms with van der Waals surface area (Å²) in [6.45, 7) is 7.55. The molecule has 2 heterocycles. The summed E-state index contributed by atoms with van der Waals surface area (Å²) in [6, 6.07) is 0. The van der Waals surface area contributed by atoms with Crippen molar-refractivity contribution >= 4 is 8.22 Å². The van der Waals surface area contributed by atoms with Gasteiger partial charge in [0.15, 0.2) is 0 Å². The summed E-state index contributed by atoms with van der Waals surface area (Å²) in [5.41, 5.74) is 0. The summed E-state index contributed by atoms with van der Waals surface area (Å²) in [5.74, 6) is 2.49. The van der Waals surface area contributed by atoms with Crippen molar-refractivity contribution in [2.45, 2.75) is 39.0 Å². The zero-order valence-corrected chi connectivity index (χ0v) is 10.8. The molecular formula is C12H23N2P. The van der Waals surface area contributed by atoms with E-state index in [1.165, 1.54) is 58.3 Å². The Kier molecular flexibility index (Phi) is 4.61. The second-order valence-corrected chi connectivity index (χ2v) is 6.51. The van der Waals surface area contributed by atoms with Crippen LogP contribution >= 0.6 is 8.22 Å². The Labute approximate surface area is 95.2 Å². The number of hydrogen-bond donors (Lipinski definition) is 0. The van der Waals surface area contributed by atoms with E-state index in [0.717, 1.165) is 0 Å². The number of rotatable bonds is 4. The van der Waals surface area contributed by atoms with Crippen molar-refractivity contribution in [3.63, 3.8) is 0 Å². The molecule has 3 heteroatoms. The van der Waals surface area contributed by atoms with Gasteiger partial charge < -0.3 is 0 Å². The first-order valence-corrected chi connectivity index (χ1v) is 7.69. The Morgan fingerprint density at radius 3 is 1.80 bits per heavy atom. The van der Waals surface area contributed by atoms with E-state index >= 15 is 0 Å². The van der Waals surface area contributed by atoms with Crippen molar-refractivity contribution in [1.82, 2.24) is 9.34 Å². The molecule has 0 saturated carbocycles. The highest BCUT2D eigenvalue weighted by Gasteiger charge is 2.27. The second kappa shape index (κ2) is 5.98. The van der Waals surface area contributed by atoms with Gasteiger partial charge in [0.05, 0.1) is 8.22 Å². The van der Waals surface area contributed by atoms with Crippen LogP contribution in [0.4, 0.5) is 0 Å². The van der Waals surface area contributed by atoms with E-state index in [1.54, 1.807) is 0 Å². The van der Waals surface area contributed by atoms with E-state index in [2.05, 4.69) is 28.2 Å². The number of allylic oxidation sites excluding steroid dienone is 1. The van der Waals surface area contributed by atoms with Crippen molar-refractivity contribution < 1.29 is 0 Å². The SMILES string of the molecule is CC/C=C/P(N1CCCC1)N1CCCC1. The van der Waals surface area contributed by atoms with Crippen LogP contribution in [0.5, 0.6) is 0 Å². The van der Waals surface area contributed by atoms with E-state index in [1.807, 2.05) is 0 Å². The maximum Gasteiger partial charge on any atom is 0.0644 e. The Morgan fingerprint density at radius 2 is 1.40 bits per heavy atom. The Morgan fingerprint density at radius 1 is 0.933 bits per heavy atom. The first-order valence-electron chi connectivity index (χ1n) is 6.37. The molecule has 0 aromatic carbocycles. The molecule has 0 N–H and O–H groups in total. The van der Waals surface area contributed by atoms with Crippen LogP contribution < -0.4 is 0 Å². The topological polar surface area (TPSA) is 6.48 Å². The normalized spacial score (nSPS) is 24.9. The third kappa shape index (κ3) is 3.03. The standard InChI is InChI=1S/C12H23N2P/c1-2-3-12-15(13-8-4-5-9-13)14-10-6-7-11-14/h3,12H,2,4-11H2,1H3/b12-3+. The second-order valence-electron chi connectivity index (χ2n) is 4.43. The Bertz CT molecular complexity index is 190. The van der Waals surface area contributed by atoms with Crippen LogP contribution in [0.3, 0.4) is 0 Å². The van der Waals surface area contributed by atoms with Crippen molar-refractivity contribution in [2.75, 3.05) is 26.2 Å². The molecule has 0 atom stereocenters. The van der Waals surface area contributed by atoms with Gasteiger partial charge in [0, 0.05) is 26.2 Å². The lowest BCUT2D eigenvalue weighted by molar-refractivity contribution is 0.481. The summed E-state index contributed by atoms with van der Waals surface area (Å²) >= 11 is 0. The van der Waals surface area contributed by atoms with Crippen molar-refractivity contribution in [1.29, 1.82) is 0 Å². The van der Waals surface area contributed by atoms with Gasteiger partial charge in [-0.1, -0.05) is 13.0 Å². The lowest BCUT2D eigenvalue weighted by Crippen LogP contribution is -2.23. The summed E-state index contributed by atoms with van der Waals surface area (Å²) < 4.78 is 5.43. The molecule has 0 unspecified atom stereocenters. The van der Waals surface area contributed by atoms with Crippen molar-refractivity contribution in [2.24, 2.45) is 0 Å². The third-order valence-corrected chi connectivity index (χ3v) is 5.66. The average molecular weight is 226 g/mol. The van der Waals surface area contributed by atoms with E-state index in [0.29, 0.717) is 0 Å². The monoisotopic (exact) mass is 226 g/mol. The van der Waals surface area contributed by atoms with Crippen LogP contribution in [0.25, 0.3) is 0 Å². The van der Waals surface area contributed by atoms with Crippen LogP contribution in [0.1, 0.15) is 39.0 Å². The predicted octanol–water partition coefficient (Wildman–Crippen LogP) is 3.41. The molecule has 2 aliphatic rings.